The van der Waals surface area contributed by atoms with Crippen LogP contribution in [0, 0.1) is 0 Å². The maximum absolute atomic E-state index is 12.0. The van der Waals surface area contributed by atoms with Gasteiger partial charge in [-0.3, -0.25) is 9.48 Å². The Bertz CT molecular complexity index is 1430. The van der Waals surface area contributed by atoms with Gasteiger partial charge in [-0.2, -0.15) is 5.10 Å². The number of anilines is 2. The number of aromatic nitrogens is 5. The van der Waals surface area contributed by atoms with E-state index in [1.807, 2.05) is 58.2 Å². The fourth-order valence-electron chi connectivity index (χ4n) is 3.62. The number of amides is 1. The lowest BCUT2D eigenvalue weighted by atomic mass is 10.2. The first kappa shape index (κ1) is 20.8. The van der Waals surface area contributed by atoms with E-state index < -0.39 is 6.10 Å². The van der Waals surface area contributed by atoms with Crippen LogP contribution in [0.5, 0.6) is 5.75 Å². The van der Waals surface area contributed by atoms with Crippen molar-refractivity contribution in [1.29, 1.82) is 0 Å². The van der Waals surface area contributed by atoms with Gasteiger partial charge in [-0.15, -0.1) is 11.3 Å². The van der Waals surface area contributed by atoms with Crippen LogP contribution in [0.4, 0.5) is 11.5 Å². The molecule has 0 fully saturated rings. The highest BCUT2D eigenvalue weighted by Crippen LogP contribution is 2.32. The molecule has 0 saturated heterocycles. The Hall–Kier alpha value is -4.05. The molecule has 0 aliphatic heterocycles. The third kappa shape index (κ3) is 4.20. The van der Waals surface area contributed by atoms with Crippen molar-refractivity contribution in [2.45, 2.75) is 19.6 Å². The number of benzene rings is 2. The Labute approximate surface area is 193 Å². The third-order valence-electron chi connectivity index (χ3n) is 5.24. The summed E-state index contributed by atoms with van der Waals surface area (Å²) in [5.41, 5.74) is 5.39. The van der Waals surface area contributed by atoms with E-state index in [9.17, 15) is 4.79 Å². The number of rotatable bonds is 7. The van der Waals surface area contributed by atoms with Gasteiger partial charge in [0.15, 0.2) is 6.10 Å². The summed E-state index contributed by atoms with van der Waals surface area (Å²) in [4.78, 5) is 25.1. The molecule has 9 nitrogen and oxygen atoms in total. The van der Waals surface area contributed by atoms with Gasteiger partial charge in [0.25, 0.3) is 5.91 Å². The van der Waals surface area contributed by atoms with Crippen molar-refractivity contribution in [1.82, 2.24) is 30.0 Å². The van der Waals surface area contributed by atoms with E-state index in [2.05, 4.69) is 30.7 Å². The van der Waals surface area contributed by atoms with Gasteiger partial charge in [0.1, 0.15) is 17.9 Å². The molecule has 33 heavy (non-hydrogen) atoms. The van der Waals surface area contributed by atoms with Crippen LogP contribution in [0.15, 0.2) is 59.8 Å². The standard InChI is InChI=1S/C23H21N7O2S/c1-14(23(31)24-2)32-20-5-3-4-18-21(20)22(26-12-25-18)29-16-6-7-19-15(8-16)9-28-30(19)10-17-11-33-13-27-17/h3-9,11-14H,10H2,1-2H3,(H,24,31)(H,25,26,29)/t14-/m1/s1. The first-order valence-electron chi connectivity index (χ1n) is 10.3. The maximum Gasteiger partial charge on any atom is 0.260 e. The van der Waals surface area contributed by atoms with E-state index >= 15 is 0 Å². The minimum atomic E-state index is -0.659. The lowest BCUT2D eigenvalue weighted by molar-refractivity contribution is -0.126. The molecular weight excluding hydrogens is 438 g/mol. The molecule has 0 bridgehead atoms. The van der Waals surface area contributed by atoms with Gasteiger partial charge in [0, 0.05) is 23.5 Å². The topological polar surface area (TPSA) is 107 Å². The fourth-order valence-corrected chi connectivity index (χ4v) is 4.16. The van der Waals surface area contributed by atoms with Crippen molar-refractivity contribution in [3.63, 3.8) is 0 Å². The van der Waals surface area contributed by atoms with Gasteiger partial charge in [-0.1, -0.05) is 6.07 Å². The molecule has 3 aromatic heterocycles. The summed E-state index contributed by atoms with van der Waals surface area (Å²) in [5, 5.41) is 14.2. The average Bonchev–Trinajstić information content (AvgIpc) is 3.49. The summed E-state index contributed by atoms with van der Waals surface area (Å²) in [6, 6.07) is 11.5. The second kappa shape index (κ2) is 8.83. The summed E-state index contributed by atoms with van der Waals surface area (Å²) >= 11 is 1.57. The number of ether oxygens (including phenoxy) is 1. The monoisotopic (exact) mass is 459 g/mol. The highest BCUT2D eigenvalue weighted by molar-refractivity contribution is 7.07. The Morgan fingerprint density at radius 3 is 2.94 bits per heavy atom. The molecule has 0 aliphatic carbocycles. The third-order valence-corrected chi connectivity index (χ3v) is 5.88. The van der Waals surface area contributed by atoms with Crippen LogP contribution in [0.2, 0.25) is 0 Å². The molecule has 0 aliphatic rings. The minimum Gasteiger partial charge on any atom is -0.480 e. The molecule has 0 unspecified atom stereocenters. The zero-order valence-corrected chi connectivity index (χ0v) is 18.8. The number of nitrogens with one attached hydrogen (secondary N) is 2. The molecule has 0 saturated carbocycles. The molecule has 3 heterocycles. The zero-order valence-electron chi connectivity index (χ0n) is 18.0. The average molecular weight is 460 g/mol. The lowest BCUT2D eigenvalue weighted by Gasteiger charge is -2.16. The smallest absolute Gasteiger partial charge is 0.260 e. The molecule has 1 atom stereocenters. The molecule has 166 valence electrons. The van der Waals surface area contributed by atoms with Gasteiger partial charge in [0.2, 0.25) is 0 Å². The Kier molecular flexibility index (Phi) is 5.57. The predicted molar refractivity (Wildman–Crippen MR) is 128 cm³/mol. The molecule has 0 spiro atoms. The van der Waals surface area contributed by atoms with Crippen LogP contribution < -0.4 is 15.4 Å². The Balaban J connectivity index is 1.46. The lowest BCUT2D eigenvalue weighted by Crippen LogP contribution is -2.33. The Morgan fingerprint density at radius 2 is 2.12 bits per heavy atom. The van der Waals surface area contributed by atoms with E-state index in [1.165, 1.54) is 6.33 Å². The highest BCUT2D eigenvalue weighted by Gasteiger charge is 2.17. The first-order valence-corrected chi connectivity index (χ1v) is 11.3. The molecule has 2 N–H and O–H groups in total. The van der Waals surface area contributed by atoms with Crippen LogP contribution in [-0.2, 0) is 11.3 Å². The van der Waals surface area contributed by atoms with Gasteiger partial charge in [-0.25, -0.2) is 15.0 Å². The summed E-state index contributed by atoms with van der Waals surface area (Å²) in [6.45, 7) is 2.33. The SMILES string of the molecule is CNC(=O)[C@@H](C)Oc1cccc2ncnc(Nc3ccc4c(cnn4Cc4cscn4)c3)c12. The second-order valence-corrected chi connectivity index (χ2v) is 8.15. The van der Waals surface area contributed by atoms with Crippen LogP contribution in [0.1, 0.15) is 12.6 Å². The van der Waals surface area contributed by atoms with Crippen molar-refractivity contribution in [2.24, 2.45) is 0 Å². The van der Waals surface area contributed by atoms with Crippen molar-refractivity contribution < 1.29 is 9.53 Å². The number of likely N-dealkylation sites (N-methyl/N-ethyl adjacent to an activating group) is 1. The van der Waals surface area contributed by atoms with Gasteiger partial charge >= 0.3 is 0 Å². The number of carbonyl (C=O) groups excluding carboxylic acids is 1. The zero-order chi connectivity index (χ0) is 22.8. The molecule has 2 aromatic carbocycles. The number of hydrogen-bond donors (Lipinski definition) is 2. The molecule has 5 rings (SSSR count). The number of carbonyl (C=O) groups is 1. The van der Waals surface area contributed by atoms with Crippen LogP contribution >= 0.6 is 11.3 Å². The van der Waals surface area contributed by atoms with E-state index in [-0.39, 0.29) is 5.91 Å². The van der Waals surface area contributed by atoms with Crippen molar-refractivity contribution >= 4 is 50.6 Å². The van der Waals surface area contributed by atoms with Crippen molar-refractivity contribution in [3.8, 4) is 5.75 Å². The summed E-state index contributed by atoms with van der Waals surface area (Å²) < 4.78 is 7.86. The molecule has 1 amide bonds. The van der Waals surface area contributed by atoms with Crippen LogP contribution in [-0.4, -0.2) is 43.8 Å². The van der Waals surface area contributed by atoms with E-state index in [1.54, 1.807) is 25.3 Å². The second-order valence-electron chi connectivity index (χ2n) is 7.43. The molecular formula is C23H21N7O2S. The largest absolute Gasteiger partial charge is 0.480 e. The normalized spacial score (nSPS) is 12.1. The van der Waals surface area contributed by atoms with Crippen molar-refractivity contribution in [2.75, 3.05) is 12.4 Å². The van der Waals surface area contributed by atoms with E-state index in [4.69, 9.17) is 4.74 Å². The molecule has 5 aromatic rings. The molecule has 10 heteroatoms. The van der Waals surface area contributed by atoms with Gasteiger partial charge in [0.05, 0.1) is 40.4 Å². The minimum absolute atomic E-state index is 0.210. The predicted octanol–water partition coefficient (Wildman–Crippen LogP) is 3.74. The fraction of sp³-hybridized carbons (Fsp3) is 0.174. The Morgan fingerprint density at radius 1 is 1.21 bits per heavy atom. The number of hydrogen-bond acceptors (Lipinski definition) is 8. The van der Waals surface area contributed by atoms with Crippen molar-refractivity contribution in [3.05, 3.63) is 65.5 Å². The number of nitrogens with zero attached hydrogens (tertiary/aromatic N) is 5. The van der Waals surface area contributed by atoms with Gasteiger partial charge in [-0.05, 0) is 37.3 Å². The number of fused-ring (bicyclic) bond motifs is 2. The maximum atomic E-state index is 12.0. The molecule has 0 radical (unpaired) electrons. The summed E-state index contributed by atoms with van der Waals surface area (Å²) in [6.07, 6.45) is 2.68. The van der Waals surface area contributed by atoms with Gasteiger partial charge < -0.3 is 15.4 Å². The summed E-state index contributed by atoms with van der Waals surface area (Å²) in [5.74, 6) is 0.913. The van der Waals surface area contributed by atoms with Crippen LogP contribution in [0.25, 0.3) is 21.8 Å². The van der Waals surface area contributed by atoms with E-state index in [0.717, 1.165) is 22.3 Å². The quantitative estimate of drug-likeness (QED) is 0.382. The highest BCUT2D eigenvalue weighted by atomic mass is 32.1. The van der Waals surface area contributed by atoms with E-state index in [0.29, 0.717) is 29.0 Å². The summed E-state index contributed by atoms with van der Waals surface area (Å²) in [7, 11) is 1.58. The first-order chi connectivity index (χ1) is 16.1. The number of thiazole rings is 1. The van der Waals surface area contributed by atoms with Crippen LogP contribution in [0.3, 0.4) is 0 Å².